The number of methoxy groups -OCH3 is 2. The summed E-state index contributed by atoms with van der Waals surface area (Å²) in [5.41, 5.74) is 8.52. The number of hydrogen-bond acceptors (Lipinski definition) is 18. The van der Waals surface area contributed by atoms with Crippen molar-refractivity contribution in [3.8, 4) is 23.0 Å². The van der Waals surface area contributed by atoms with Gasteiger partial charge >= 0.3 is 0 Å². The normalized spacial score (nSPS) is 15.9. The maximum atomic E-state index is 11.4. The molecule has 0 spiro atoms. The number of carboxylic acids is 2. The highest BCUT2D eigenvalue weighted by atomic mass is 32.2. The van der Waals surface area contributed by atoms with Gasteiger partial charge in [0.1, 0.15) is 43.1 Å². The monoisotopic (exact) mass is 996 g/mol. The van der Waals surface area contributed by atoms with Gasteiger partial charge in [-0.3, -0.25) is 14.4 Å². The van der Waals surface area contributed by atoms with Crippen LogP contribution in [0.1, 0.15) is 95.8 Å². The standard InChI is InChI=1S/C30H34O10S.C11H26N2O.2C2H4O2.2C2H4O/c1-19-27(34-2)14-29(35-3)30(37-19)38-26-11-7-22(16-32)13-28(26)40-41-39-24-8-4-20(5-9-24)18-36-25-10-6-21(15-31)12-23(25)17-33;1-10(2,6-12)8-14-9-11(3,4)7-13-5;2*1-2(3)4;2*1-2-3/h4-13,16,19,27,29-31,33H,14-15,17-18H2,1-3H3;13H,6-9,12H2,1-5H3;2*1H3,(H,3,4);2*2H,1H3/t19-,27-,29?,30+;;;;;/m0...../s1. The van der Waals surface area contributed by atoms with Gasteiger partial charge in [-0.15, -0.1) is 0 Å². The van der Waals surface area contributed by atoms with Crippen molar-refractivity contribution >= 4 is 43.1 Å². The van der Waals surface area contributed by atoms with Crippen molar-refractivity contribution in [2.45, 2.75) is 113 Å². The van der Waals surface area contributed by atoms with Crippen molar-refractivity contribution in [2.24, 2.45) is 16.6 Å². The molecular formula is C49H76N2O17S. The average Bonchev–Trinajstić information content (AvgIpc) is 3.29. The van der Waals surface area contributed by atoms with Crippen LogP contribution in [0.2, 0.25) is 0 Å². The van der Waals surface area contributed by atoms with E-state index in [0.29, 0.717) is 53.2 Å². The van der Waals surface area contributed by atoms with E-state index in [1.807, 2.05) is 26.1 Å². The molecule has 0 saturated carbocycles. The summed E-state index contributed by atoms with van der Waals surface area (Å²) in [6, 6.07) is 17.2. The Morgan fingerprint density at radius 2 is 1.33 bits per heavy atom. The highest BCUT2D eigenvalue weighted by molar-refractivity contribution is 7.90. The topological polar surface area (TPSA) is 278 Å². The first-order valence-corrected chi connectivity index (χ1v) is 22.4. The first-order valence-electron chi connectivity index (χ1n) is 21.7. The number of rotatable bonds is 21. The predicted octanol–water partition coefficient (Wildman–Crippen LogP) is 6.45. The molecule has 4 rings (SSSR count). The summed E-state index contributed by atoms with van der Waals surface area (Å²) >= 11 is 0.723. The van der Waals surface area contributed by atoms with Crippen molar-refractivity contribution in [2.75, 3.05) is 47.6 Å². The molecule has 3 aromatic carbocycles. The summed E-state index contributed by atoms with van der Waals surface area (Å²) < 4.78 is 46.1. The molecule has 1 saturated heterocycles. The van der Waals surface area contributed by atoms with Gasteiger partial charge in [-0.05, 0) is 88.0 Å². The van der Waals surface area contributed by atoms with E-state index in [2.05, 4.69) is 33.0 Å². The van der Waals surface area contributed by atoms with Crippen LogP contribution in [0.25, 0.3) is 0 Å². The Balaban J connectivity index is 0. The summed E-state index contributed by atoms with van der Waals surface area (Å²) in [5.74, 6) is 0.0682. The average molecular weight is 997 g/mol. The number of benzene rings is 3. The number of ether oxygens (including phenoxy) is 6. The lowest BCUT2D eigenvalue weighted by atomic mass is 9.93. The lowest BCUT2D eigenvalue weighted by Gasteiger charge is -2.38. The van der Waals surface area contributed by atoms with Crippen LogP contribution < -0.4 is 28.9 Å². The van der Waals surface area contributed by atoms with Gasteiger partial charge in [0.2, 0.25) is 6.29 Å². The first-order chi connectivity index (χ1) is 32.6. The molecule has 20 heteroatoms. The fourth-order valence-electron chi connectivity index (χ4n) is 5.49. The van der Waals surface area contributed by atoms with Crippen LogP contribution in [0.15, 0.2) is 60.7 Å². The zero-order valence-electron chi connectivity index (χ0n) is 42.1. The number of hydrogen-bond donors (Lipinski definition) is 6. The highest BCUT2D eigenvalue weighted by Crippen LogP contribution is 2.35. The summed E-state index contributed by atoms with van der Waals surface area (Å²) in [5, 5.41) is 36.9. The van der Waals surface area contributed by atoms with Gasteiger partial charge in [-0.2, -0.15) is 0 Å². The SMILES string of the molecule is CC(=O)O.CC(=O)O.CC=O.CC=O.CNCC(C)(C)COCC(C)(C)CN.COC1C[C@H](OC)[C@H](C)O[C@@H]1Oc1ccc(C=O)cc1OSOc1ccc(COc2ccc(CO)cc2CO)cc1. The van der Waals surface area contributed by atoms with Gasteiger partial charge in [0.15, 0.2) is 11.5 Å². The molecule has 3 aromatic rings. The molecule has 1 unspecified atom stereocenters. The van der Waals surface area contributed by atoms with Gasteiger partial charge in [-0.1, -0.05) is 45.9 Å². The predicted molar refractivity (Wildman–Crippen MR) is 262 cm³/mol. The molecule has 4 atom stereocenters. The molecule has 390 valence electrons. The highest BCUT2D eigenvalue weighted by Gasteiger charge is 2.38. The minimum Gasteiger partial charge on any atom is -0.489 e. The van der Waals surface area contributed by atoms with Gasteiger partial charge in [0.05, 0.1) is 38.6 Å². The van der Waals surface area contributed by atoms with Crippen LogP contribution in [0.3, 0.4) is 0 Å². The van der Waals surface area contributed by atoms with E-state index in [1.165, 1.54) is 13.8 Å². The Hall–Kier alpha value is -5.16. The molecular weight excluding hydrogens is 921 g/mol. The van der Waals surface area contributed by atoms with Crippen LogP contribution >= 0.6 is 12.3 Å². The van der Waals surface area contributed by atoms with Crippen LogP contribution in [0, 0.1) is 10.8 Å². The first kappa shape index (κ1) is 65.9. The van der Waals surface area contributed by atoms with Crippen LogP contribution in [-0.4, -0.2) is 123 Å². The molecule has 1 heterocycles. The molecule has 69 heavy (non-hydrogen) atoms. The molecule has 1 aliphatic heterocycles. The van der Waals surface area contributed by atoms with Gasteiger partial charge < -0.3 is 77.9 Å². The minimum absolute atomic E-state index is 0.0930. The van der Waals surface area contributed by atoms with Gasteiger partial charge in [0, 0.05) is 63.0 Å². The molecule has 19 nitrogen and oxygen atoms in total. The van der Waals surface area contributed by atoms with E-state index in [4.69, 9.17) is 71.9 Å². The largest absolute Gasteiger partial charge is 0.489 e. The lowest BCUT2D eigenvalue weighted by molar-refractivity contribution is -0.239. The number of aliphatic carboxylic acids is 2. The maximum Gasteiger partial charge on any atom is 0.300 e. The molecule has 1 fully saturated rings. The van der Waals surface area contributed by atoms with Crippen molar-refractivity contribution in [1.82, 2.24) is 5.32 Å². The van der Waals surface area contributed by atoms with E-state index >= 15 is 0 Å². The summed E-state index contributed by atoms with van der Waals surface area (Å²) in [4.78, 5) is 47.0. The summed E-state index contributed by atoms with van der Waals surface area (Å²) in [7, 11) is 5.18. The van der Waals surface area contributed by atoms with E-state index in [-0.39, 0.29) is 54.7 Å². The fraction of sp³-hybridized carbons (Fsp3) is 0.531. The zero-order valence-corrected chi connectivity index (χ0v) is 42.9. The number of aldehydes is 3. The summed E-state index contributed by atoms with van der Waals surface area (Å²) in [6.07, 6.45) is 1.42. The molecule has 0 aliphatic carbocycles. The number of carbonyl (C=O) groups is 5. The number of carbonyl (C=O) groups excluding carboxylic acids is 3. The van der Waals surface area contributed by atoms with Gasteiger partial charge in [-0.25, -0.2) is 0 Å². The second-order valence-corrected chi connectivity index (χ2v) is 16.9. The quantitative estimate of drug-likeness (QED) is 0.0494. The third-order valence-electron chi connectivity index (χ3n) is 8.84. The number of aliphatic hydroxyl groups excluding tert-OH is 2. The van der Waals surface area contributed by atoms with E-state index in [9.17, 15) is 15.0 Å². The van der Waals surface area contributed by atoms with Crippen molar-refractivity contribution in [3.63, 3.8) is 0 Å². The Bertz CT molecular complexity index is 1860. The minimum atomic E-state index is -0.833. The molecule has 0 amide bonds. The Kier molecular flexibility index (Phi) is 36.0. The van der Waals surface area contributed by atoms with Crippen molar-refractivity contribution < 1.29 is 81.2 Å². The van der Waals surface area contributed by atoms with Crippen LogP contribution in [0.5, 0.6) is 23.0 Å². The zero-order chi connectivity index (χ0) is 53.0. The van der Waals surface area contributed by atoms with Gasteiger partial charge in [0.25, 0.3) is 24.3 Å². The van der Waals surface area contributed by atoms with Crippen LogP contribution in [-0.2, 0) is 57.9 Å². The van der Waals surface area contributed by atoms with Crippen molar-refractivity contribution in [3.05, 3.63) is 82.9 Å². The second kappa shape index (κ2) is 37.7. The Morgan fingerprint density at radius 3 is 1.83 bits per heavy atom. The number of aliphatic hydroxyl groups is 2. The molecule has 0 radical (unpaired) electrons. The Labute approximate surface area is 411 Å². The number of carboxylic acid groups (broad SMARTS) is 2. The third-order valence-corrected chi connectivity index (χ3v) is 9.34. The summed E-state index contributed by atoms with van der Waals surface area (Å²) in [6.45, 7) is 18.7. The number of nitrogens with one attached hydrogen (secondary N) is 1. The van der Waals surface area contributed by atoms with Crippen LogP contribution in [0.4, 0.5) is 0 Å². The molecule has 1 aliphatic rings. The smallest absolute Gasteiger partial charge is 0.300 e. The fourth-order valence-corrected chi connectivity index (χ4v) is 5.91. The van der Waals surface area contributed by atoms with E-state index < -0.39 is 18.2 Å². The third kappa shape index (κ3) is 30.8. The number of nitrogens with two attached hydrogens (primary N) is 1. The lowest BCUT2D eigenvalue weighted by Crippen LogP contribution is -2.50. The molecule has 7 N–H and O–H groups in total. The Morgan fingerprint density at radius 1 is 0.797 bits per heavy atom. The van der Waals surface area contributed by atoms with Crippen molar-refractivity contribution in [1.29, 1.82) is 0 Å². The van der Waals surface area contributed by atoms with E-state index in [1.54, 1.807) is 62.8 Å². The maximum absolute atomic E-state index is 11.4. The molecule has 0 aromatic heterocycles. The van der Waals surface area contributed by atoms with E-state index in [0.717, 1.165) is 64.1 Å². The molecule has 0 bridgehead atoms. The second-order valence-electron chi connectivity index (χ2n) is 16.4.